The minimum Gasteiger partial charge on any atom is -0.497 e. The molecule has 0 radical (unpaired) electrons. The number of likely N-dealkylation sites (N-methyl/N-ethyl adjacent to an activating group) is 1. The van der Waals surface area contributed by atoms with Crippen molar-refractivity contribution in [2.75, 3.05) is 21.2 Å². The third kappa shape index (κ3) is 2.16. The molecule has 104 valence electrons. The van der Waals surface area contributed by atoms with E-state index in [9.17, 15) is 8.78 Å². The summed E-state index contributed by atoms with van der Waals surface area (Å²) in [6, 6.07) is 6.61. The molecule has 1 aliphatic heterocycles. The first-order valence-corrected chi connectivity index (χ1v) is 5.79. The average Bonchev–Trinajstić information content (AvgIpc) is 2.62. The van der Waals surface area contributed by atoms with Crippen LogP contribution >= 0.6 is 0 Å². The van der Waals surface area contributed by atoms with Crippen molar-refractivity contribution < 1.29 is 18.3 Å². The van der Waals surface area contributed by atoms with Crippen LogP contribution in [0.2, 0.25) is 0 Å². The minimum atomic E-state index is -3.37. The lowest BCUT2D eigenvalue weighted by molar-refractivity contribution is -0.241. The van der Waals surface area contributed by atoms with E-state index in [0.717, 1.165) is 0 Å². The van der Waals surface area contributed by atoms with E-state index in [-0.39, 0.29) is 5.90 Å². The minimum absolute atomic E-state index is 0.0659. The molecule has 0 saturated carbocycles. The predicted molar refractivity (Wildman–Crippen MR) is 67.7 cm³/mol. The average molecular weight is 270 g/mol. The molecule has 1 unspecified atom stereocenters. The molecule has 1 atom stereocenters. The Kier molecular flexibility index (Phi) is 3.22. The number of hydrogen-bond acceptors (Lipinski definition) is 4. The number of benzene rings is 1. The molecule has 4 nitrogen and oxygen atoms in total. The van der Waals surface area contributed by atoms with Gasteiger partial charge in [0.15, 0.2) is 0 Å². The number of alkyl halides is 2. The van der Waals surface area contributed by atoms with Crippen LogP contribution in [0.3, 0.4) is 0 Å². The van der Waals surface area contributed by atoms with Gasteiger partial charge >= 0.3 is 6.11 Å². The van der Waals surface area contributed by atoms with Crippen molar-refractivity contribution in [3.8, 4) is 5.75 Å². The summed E-state index contributed by atoms with van der Waals surface area (Å²) in [4.78, 5) is 5.36. The lowest BCUT2D eigenvalue weighted by Gasteiger charge is -2.32. The zero-order chi connectivity index (χ0) is 14.3. The standard InChI is InChI=1S/C13H16F2N2O2/c1-12(17(2)3)13(14,15)19-11(16-12)9-5-7-10(18-4)8-6-9/h5-8H,1-4H3. The fourth-order valence-corrected chi connectivity index (χ4v) is 1.72. The van der Waals surface area contributed by atoms with E-state index in [4.69, 9.17) is 9.47 Å². The number of hydrogen-bond donors (Lipinski definition) is 0. The van der Waals surface area contributed by atoms with Gasteiger partial charge in [-0.25, -0.2) is 4.99 Å². The van der Waals surface area contributed by atoms with Gasteiger partial charge in [-0.15, -0.1) is 0 Å². The van der Waals surface area contributed by atoms with E-state index in [0.29, 0.717) is 11.3 Å². The van der Waals surface area contributed by atoms with Crippen molar-refractivity contribution >= 4 is 5.90 Å². The molecule has 1 heterocycles. The summed E-state index contributed by atoms with van der Waals surface area (Å²) in [5.74, 6) is 0.577. The topological polar surface area (TPSA) is 34.1 Å². The van der Waals surface area contributed by atoms with Gasteiger partial charge in [-0.3, -0.25) is 4.90 Å². The maximum atomic E-state index is 13.9. The third-order valence-corrected chi connectivity index (χ3v) is 3.30. The quantitative estimate of drug-likeness (QED) is 0.845. The molecular weight excluding hydrogens is 254 g/mol. The maximum Gasteiger partial charge on any atom is 0.438 e. The second kappa shape index (κ2) is 4.45. The molecule has 0 bridgehead atoms. The molecule has 1 aliphatic rings. The van der Waals surface area contributed by atoms with E-state index in [1.54, 1.807) is 24.3 Å². The summed E-state index contributed by atoms with van der Waals surface area (Å²) in [6.07, 6.45) is -3.37. The molecule has 2 rings (SSSR count). The molecule has 1 aromatic rings. The van der Waals surface area contributed by atoms with Crippen LogP contribution in [-0.4, -0.2) is 43.8 Å². The molecule has 1 aromatic carbocycles. The van der Waals surface area contributed by atoms with Crippen LogP contribution in [-0.2, 0) is 4.74 Å². The maximum absolute atomic E-state index is 13.9. The molecular formula is C13H16F2N2O2. The Bertz CT molecular complexity index is 500. The van der Waals surface area contributed by atoms with Gasteiger partial charge < -0.3 is 9.47 Å². The van der Waals surface area contributed by atoms with Crippen LogP contribution in [0, 0.1) is 0 Å². The molecule has 0 spiro atoms. The first kappa shape index (κ1) is 13.7. The zero-order valence-electron chi connectivity index (χ0n) is 11.3. The SMILES string of the molecule is COc1ccc(C2=NC(C)(N(C)C)C(F)(F)O2)cc1. The van der Waals surface area contributed by atoms with Crippen LogP contribution in [0.25, 0.3) is 0 Å². The smallest absolute Gasteiger partial charge is 0.438 e. The van der Waals surface area contributed by atoms with E-state index in [1.807, 2.05) is 0 Å². The number of ether oxygens (including phenoxy) is 2. The van der Waals surface area contributed by atoms with Gasteiger partial charge in [-0.05, 0) is 45.3 Å². The zero-order valence-corrected chi connectivity index (χ0v) is 11.3. The largest absolute Gasteiger partial charge is 0.497 e. The number of methoxy groups -OCH3 is 1. The fraction of sp³-hybridized carbons (Fsp3) is 0.462. The first-order valence-electron chi connectivity index (χ1n) is 5.79. The lowest BCUT2D eigenvalue weighted by atomic mass is 10.2. The van der Waals surface area contributed by atoms with Crippen molar-refractivity contribution in [1.29, 1.82) is 0 Å². The van der Waals surface area contributed by atoms with Crippen LogP contribution in [0.4, 0.5) is 8.78 Å². The van der Waals surface area contributed by atoms with E-state index >= 15 is 0 Å². The molecule has 0 fully saturated rings. The molecule has 0 aliphatic carbocycles. The van der Waals surface area contributed by atoms with Crippen LogP contribution < -0.4 is 4.74 Å². The summed E-state index contributed by atoms with van der Waals surface area (Å²) in [7, 11) is 4.62. The number of aliphatic imine (C=N–C) groups is 1. The first-order chi connectivity index (χ1) is 8.80. The number of rotatable bonds is 3. The summed E-state index contributed by atoms with van der Waals surface area (Å²) < 4.78 is 37.6. The van der Waals surface area contributed by atoms with E-state index in [2.05, 4.69) is 4.99 Å². The molecule has 0 saturated heterocycles. The number of nitrogens with zero attached hydrogens (tertiary/aromatic N) is 2. The highest BCUT2D eigenvalue weighted by Gasteiger charge is 2.60. The van der Waals surface area contributed by atoms with Gasteiger partial charge in [0.1, 0.15) is 5.75 Å². The van der Waals surface area contributed by atoms with Crippen molar-refractivity contribution in [2.24, 2.45) is 4.99 Å². The van der Waals surface area contributed by atoms with Gasteiger partial charge in [-0.2, -0.15) is 8.78 Å². The second-order valence-electron chi connectivity index (χ2n) is 4.68. The summed E-state index contributed by atoms with van der Waals surface area (Å²) in [5.41, 5.74) is -1.21. The second-order valence-corrected chi connectivity index (χ2v) is 4.68. The highest BCUT2D eigenvalue weighted by molar-refractivity contribution is 5.95. The normalized spacial score (nSPS) is 25.1. The molecule has 0 aromatic heterocycles. The predicted octanol–water partition coefficient (Wildman–Crippen LogP) is 2.34. The van der Waals surface area contributed by atoms with Crippen LogP contribution in [0.15, 0.2) is 29.3 Å². The Morgan fingerprint density at radius 3 is 2.21 bits per heavy atom. The number of halogens is 2. The molecule has 0 N–H and O–H groups in total. The molecule has 19 heavy (non-hydrogen) atoms. The van der Waals surface area contributed by atoms with Gasteiger partial charge in [0.25, 0.3) is 0 Å². The van der Waals surface area contributed by atoms with Crippen LogP contribution in [0.1, 0.15) is 12.5 Å². The molecule has 0 amide bonds. The molecule has 6 heteroatoms. The van der Waals surface area contributed by atoms with Crippen molar-refractivity contribution in [2.45, 2.75) is 18.7 Å². The summed E-state index contributed by atoms with van der Waals surface area (Å²) >= 11 is 0. The van der Waals surface area contributed by atoms with E-state index in [1.165, 1.54) is 33.0 Å². The third-order valence-electron chi connectivity index (χ3n) is 3.30. The van der Waals surface area contributed by atoms with Gasteiger partial charge in [-0.1, -0.05) is 0 Å². The Hall–Kier alpha value is -1.69. The van der Waals surface area contributed by atoms with Gasteiger partial charge in [0.05, 0.1) is 7.11 Å². The van der Waals surface area contributed by atoms with Crippen molar-refractivity contribution in [3.05, 3.63) is 29.8 Å². The van der Waals surface area contributed by atoms with Crippen molar-refractivity contribution in [3.63, 3.8) is 0 Å². The Morgan fingerprint density at radius 2 is 1.79 bits per heavy atom. The van der Waals surface area contributed by atoms with Gasteiger partial charge in [0.2, 0.25) is 11.6 Å². The lowest BCUT2D eigenvalue weighted by Crippen LogP contribution is -2.52. The Morgan fingerprint density at radius 1 is 1.21 bits per heavy atom. The van der Waals surface area contributed by atoms with E-state index < -0.39 is 11.8 Å². The monoisotopic (exact) mass is 270 g/mol. The highest BCUT2D eigenvalue weighted by atomic mass is 19.3. The summed E-state index contributed by atoms with van der Waals surface area (Å²) in [5, 5.41) is 0. The highest BCUT2D eigenvalue weighted by Crippen LogP contribution is 2.41. The Labute approximate surface area is 110 Å². The van der Waals surface area contributed by atoms with Crippen LogP contribution in [0.5, 0.6) is 5.75 Å². The fourth-order valence-electron chi connectivity index (χ4n) is 1.72. The summed E-state index contributed by atoms with van der Waals surface area (Å²) in [6.45, 7) is 1.34. The Balaban J connectivity index is 2.36. The van der Waals surface area contributed by atoms with Crippen molar-refractivity contribution in [1.82, 2.24) is 4.90 Å². The van der Waals surface area contributed by atoms with Gasteiger partial charge in [0, 0.05) is 5.56 Å².